The van der Waals surface area contributed by atoms with E-state index >= 15 is 0 Å². The minimum Gasteiger partial charge on any atom is -0.268 e. The lowest BCUT2D eigenvalue weighted by Gasteiger charge is -2.14. The Labute approximate surface area is 125 Å². The lowest BCUT2D eigenvalue weighted by Crippen LogP contribution is -2.24. The van der Waals surface area contributed by atoms with E-state index in [1.54, 1.807) is 25.1 Å². The molecule has 1 aromatic heterocycles. The number of hydrogen-bond donors (Lipinski definition) is 0. The zero-order valence-electron chi connectivity index (χ0n) is 11.3. The molecule has 0 spiro atoms. The third kappa shape index (κ3) is 2.43. The number of halogens is 2. The summed E-state index contributed by atoms with van der Waals surface area (Å²) in [5, 5.41) is 0.0512. The van der Waals surface area contributed by atoms with Crippen molar-refractivity contribution in [2.24, 2.45) is 0 Å². The summed E-state index contributed by atoms with van der Waals surface area (Å²) in [5.74, 6) is 0.0768. The van der Waals surface area contributed by atoms with Crippen LogP contribution in [0.15, 0.2) is 53.3 Å². The molecule has 5 heteroatoms. The normalized spacial score (nSPS) is 12.5. The van der Waals surface area contributed by atoms with Crippen molar-refractivity contribution in [1.82, 2.24) is 9.55 Å². The minimum atomic E-state index is -0.452. The number of hydrogen-bond acceptors (Lipinski definition) is 2. The first-order valence-corrected chi connectivity index (χ1v) is 6.93. The molecular formula is C16H12ClFN2O. The van der Waals surface area contributed by atoms with Gasteiger partial charge in [0.05, 0.1) is 22.0 Å². The van der Waals surface area contributed by atoms with Gasteiger partial charge in [0.25, 0.3) is 5.56 Å². The van der Waals surface area contributed by atoms with Crippen molar-refractivity contribution in [3.63, 3.8) is 0 Å². The van der Waals surface area contributed by atoms with Crippen LogP contribution < -0.4 is 5.56 Å². The van der Waals surface area contributed by atoms with Crippen LogP contribution in [0.5, 0.6) is 0 Å². The molecule has 0 aliphatic carbocycles. The van der Waals surface area contributed by atoms with E-state index in [0.29, 0.717) is 22.4 Å². The van der Waals surface area contributed by atoms with Gasteiger partial charge in [0.1, 0.15) is 11.6 Å². The molecule has 0 bridgehead atoms. The molecule has 106 valence electrons. The number of aromatic nitrogens is 2. The maximum absolute atomic E-state index is 13.1. The molecule has 1 atom stereocenters. The molecule has 0 radical (unpaired) electrons. The van der Waals surface area contributed by atoms with Crippen LogP contribution in [-0.4, -0.2) is 9.55 Å². The molecule has 2 aromatic carbocycles. The predicted octanol–water partition coefficient (Wildman–Crippen LogP) is 3.82. The van der Waals surface area contributed by atoms with E-state index in [-0.39, 0.29) is 11.4 Å². The highest BCUT2D eigenvalue weighted by molar-refractivity contribution is 6.20. The predicted molar refractivity (Wildman–Crippen MR) is 81.6 cm³/mol. The molecule has 1 heterocycles. The molecule has 3 aromatic rings. The molecule has 0 aliphatic rings. The van der Waals surface area contributed by atoms with Gasteiger partial charge >= 0.3 is 0 Å². The first-order valence-electron chi connectivity index (χ1n) is 6.49. The second-order valence-corrected chi connectivity index (χ2v) is 5.37. The van der Waals surface area contributed by atoms with Gasteiger partial charge in [-0.25, -0.2) is 9.37 Å². The maximum atomic E-state index is 13.1. The van der Waals surface area contributed by atoms with Gasteiger partial charge in [-0.05, 0) is 43.3 Å². The molecule has 21 heavy (non-hydrogen) atoms. The summed E-state index contributed by atoms with van der Waals surface area (Å²) in [6.07, 6.45) is 0. The van der Waals surface area contributed by atoms with E-state index in [1.165, 1.54) is 28.8 Å². The molecule has 0 aliphatic heterocycles. The molecule has 0 saturated carbocycles. The Bertz CT molecular complexity index is 856. The summed E-state index contributed by atoms with van der Waals surface area (Å²) >= 11 is 6.17. The summed E-state index contributed by atoms with van der Waals surface area (Å²) < 4.78 is 14.5. The topological polar surface area (TPSA) is 34.9 Å². The smallest absolute Gasteiger partial charge is 0.266 e. The van der Waals surface area contributed by atoms with Gasteiger partial charge in [-0.15, -0.1) is 11.6 Å². The second-order valence-electron chi connectivity index (χ2n) is 4.72. The van der Waals surface area contributed by atoms with Crippen LogP contribution in [0.2, 0.25) is 0 Å². The molecule has 3 rings (SSSR count). The van der Waals surface area contributed by atoms with Gasteiger partial charge in [0.2, 0.25) is 0 Å². The molecule has 3 nitrogen and oxygen atoms in total. The zero-order chi connectivity index (χ0) is 15.0. The number of rotatable bonds is 2. The molecule has 0 amide bonds. The van der Waals surface area contributed by atoms with Crippen molar-refractivity contribution in [1.29, 1.82) is 0 Å². The largest absolute Gasteiger partial charge is 0.268 e. The highest BCUT2D eigenvalue weighted by atomic mass is 35.5. The van der Waals surface area contributed by atoms with E-state index in [9.17, 15) is 9.18 Å². The Kier molecular flexibility index (Phi) is 3.47. The van der Waals surface area contributed by atoms with Crippen LogP contribution >= 0.6 is 11.6 Å². The van der Waals surface area contributed by atoms with Crippen molar-refractivity contribution in [3.8, 4) is 5.69 Å². The summed E-state index contributed by atoms with van der Waals surface area (Å²) in [5.41, 5.74) is 0.931. The van der Waals surface area contributed by atoms with Crippen molar-refractivity contribution in [3.05, 3.63) is 70.5 Å². The Morgan fingerprint density at radius 2 is 1.81 bits per heavy atom. The molecular weight excluding hydrogens is 291 g/mol. The van der Waals surface area contributed by atoms with E-state index < -0.39 is 5.38 Å². The summed E-state index contributed by atoms with van der Waals surface area (Å²) in [6, 6.07) is 12.8. The third-order valence-corrected chi connectivity index (χ3v) is 3.44. The van der Waals surface area contributed by atoms with Gasteiger partial charge in [-0.3, -0.25) is 9.36 Å². The monoisotopic (exact) mass is 302 g/mol. The van der Waals surface area contributed by atoms with Crippen LogP contribution in [0.3, 0.4) is 0 Å². The van der Waals surface area contributed by atoms with Gasteiger partial charge in [-0.2, -0.15) is 0 Å². The number of alkyl halides is 1. The van der Waals surface area contributed by atoms with E-state index in [2.05, 4.69) is 4.98 Å². The van der Waals surface area contributed by atoms with Gasteiger partial charge in [0.15, 0.2) is 0 Å². The fourth-order valence-electron chi connectivity index (χ4n) is 2.26. The summed E-state index contributed by atoms with van der Waals surface area (Å²) in [6.45, 7) is 1.75. The number of nitrogens with zero attached hydrogens (tertiary/aromatic N) is 2. The van der Waals surface area contributed by atoms with Gasteiger partial charge in [-0.1, -0.05) is 12.1 Å². The minimum absolute atomic E-state index is 0.213. The molecule has 0 saturated heterocycles. The highest BCUT2D eigenvalue weighted by Crippen LogP contribution is 2.21. The summed E-state index contributed by atoms with van der Waals surface area (Å²) in [4.78, 5) is 17.2. The first kappa shape index (κ1) is 13.8. The Morgan fingerprint density at radius 3 is 2.48 bits per heavy atom. The zero-order valence-corrected chi connectivity index (χ0v) is 12.0. The fourth-order valence-corrected chi connectivity index (χ4v) is 2.40. The van der Waals surface area contributed by atoms with Gasteiger partial charge < -0.3 is 0 Å². The average molecular weight is 303 g/mol. The molecule has 0 fully saturated rings. The van der Waals surface area contributed by atoms with Crippen LogP contribution in [0, 0.1) is 5.82 Å². The van der Waals surface area contributed by atoms with Crippen LogP contribution in [-0.2, 0) is 0 Å². The van der Waals surface area contributed by atoms with Crippen molar-refractivity contribution < 1.29 is 4.39 Å². The fraction of sp³-hybridized carbons (Fsp3) is 0.125. The van der Waals surface area contributed by atoms with Crippen molar-refractivity contribution in [2.45, 2.75) is 12.3 Å². The quantitative estimate of drug-likeness (QED) is 0.674. The highest BCUT2D eigenvalue weighted by Gasteiger charge is 2.16. The van der Waals surface area contributed by atoms with Crippen LogP contribution in [0.4, 0.5) is 4.39 Å². The van der Waals surface area contributed by atoms with Crippen molar-refractivity contribution in [2.75, 3.05) is 0 Å². The Hall–Kier alpha value is -2.20. The first-order chi connectivity index (χ1) is 10.1. The second kappa shape index (κ2) is 5.30. The van der Waals surface area contributed by atoms with E-state index in [4.69, 9.17) is 11.6 Å². The lowest BCUT2D eigenvalue weighted by molar-refractivity contribution is 0.627. The van der Waals surface area contributed by atoms with Crippen LogP contribution in [0.25, 0.3) is 16.6 Å². The maximum Gasteiger partial charge on any atom is 0.266 e. The lowest BCUT2D eigenvalue weighted by atomic mass is 10.2. The summed E-state index contributed by atoms with van der Waals surface area (Å²) in [7, 11) is 0. The van der Waals surface area contributed by atoms with Crippen LogP contribution in [0.1, 0.15) is 18.1 Å². The number of para-hydroxylation sites is 1. The Morgan fingerprint density at radius 1 is 1.14 bits per heavy atom. The third-order valence-electron chi connectivity index (χ3n) is 3.24. The standard InChI is InChI=1S/C16H12ClFN2O/c1-10(17)15-19-14-5-3-2-4-13(14)16(21)20(15)12-8-6-11(18)7-9-12/h2-10H,1H3. The van der Waals surface area contributed by atoms with Gasteiger partial charge in [0, 0.05) is 0 Å². The van der Waals surface area contributed by atoms with E-state index in [0.717, 1.165) is 0 Å². The van der Waals surface area contributed by atoms with E-state index in [1.807, 2.05) is 6.07 Å². The van der Waals surface area contributed by atoms with Crippen molar-refractivity contribution >= 4 is 22.5 Å². The SMILES string of the molecule is CC(Cl)c1nc2ccccc2c(=O)n1-c1ccc(F)cc1. The number of fused-ring (bicyclic) bond motifs is 1. The molecule has 1 unspecified atom stereocenters. The number of benzene rings is 2. The Balaban J connectivity index is 2.39. The molecule has 0 N–H and O–H groups in total. The average Bonchev–Trinajstić information content (AvgIpc) is 2.48.